The highest BCUT2D eigenvalue weighted by Crippen LogP contribution is 2.41. The van der Waals surface area contributed by atoms with Crippen LogP contribution in [0.4, 0.5) is 0 Å². The van der Waals surface area contributed by atoms with Crippen molar-refractivity contribution in [3.05, 3.63) is 47.8 Å². The number of methoxy groups -OCH3 is 1. The number of rotatable bonds is 2. The Balaban J connectivity index is 2.13. The number of benzene rings is 1. The van der Waals surface area contributed by atoms with E-state index in [1.54, 1.807) is 7.11 Å². The molecule has 1 heterocycles. The summed E-state index contributed by atoms with van der Waals surface area (Å²) in [6.45, 7) is 4.57. The first kappa shape index (κ1) is 13.3. The number of nitrogens with two attached hydrogens (primary N) is 1. The van der Waals surface area contributed by atoms with E-state index in [4.69, 9.17) is 10.5 Å². The fourth-order valence-corrected chi connectivity index (χ4v) is 3.29. The molecule has 2 aromatic rings. The summed E-state index contributed by atoms with van der Waals surface area (Å²) in [5.41, 5.74) is 10.3. The molecule has 0 spiro atoms. The van der Waals surface area contributed by atoms with E-state index in [0.717, 1.165) is 24.3 Å². The third-order valence-electron chi connectivity index (χ3n) is 4.19. The van der Waals surface area contributed by atoms with Crippen LogP contribution in [0.2, 0.25) is 0 Å². The Labute approximate surface area is 120 Å². The van der Waals surface area contributed by atoms with Crippen LogP contribution in [-0.4, -0.2) is 11.7 Å². The van der Waals surface area contributed by atoms with Gasteiger partial charge in [0.2, 0.25) is 0 Å². The maximum Gasteiger partial charge on any atom is 0.142 e. The van der Waals surface area contributed by atoms with Gasteiger partial charge in [0.25, 0.3) is 0 Å². The molecule has 0 saturated carbocycles. The highest BCUT2D eigenvalue weighted by Gasteiger charge is 2.32. The van der Waals surface area contributed by atoms with Gasteiger partial charge in [-0.3, -0.25) is 0 Å². The topological polar surface area (TPSA) is 40.2 Å². The van der Waals surface area contributed by atoms with Gasteiger partial charge >= 0.3 is 0 Å². The number of aromatic nitrogens is 1. The van der Waals surface area contributed by atoms with Crippen molar-refractivity contribution in [3.8, 4) is 11.4 Å². The third-order valence-corrected chi connectivity index (χ3v) is 4.19. The molecule has 0 fully saturated rings. The molecule has 0 saturated heterocycles. The predicted molar refractivity (Wildman–Crippen MR) is 81.4 cm³/mol. The SMILES string of the molecule is COc1ccccc1-n1ccc2c1CC(C)(C)CC2N. The Morgan fingerprint density at radius 2 is 2.00 bits per heavy atom. The van der Waals surface area contributed by atoms with Gasteiger partial charge in [-0.05, 0) is 42.0 Å². The largest absolute Gasteiger partial charge is 0.495 e. The summed E-state index contributed by atoms with van der Waals surface area (Å²) in [5, 5.41) is 0. The van der Waals surface area contributed by atoms with E-state index in [1.165, 1.54) is 11.3 Å². The molecular weight excluding hydrogens is 248 g/mol. The molecule has 106 valence electrons. The smallest absolute Gasteiger partial charge is 0.142 e. The fourth-order valence-electron chi connectivity index (χ4n) is 3.29. The summed E-state index contributed by atoms with van der Waals surface area (Å²) in [7, 11) is 1.71. The molecule has 0 radical (unpaired) electrons. The zero-order valence-corrected chi connectivity index (χ0v) is 12.4. The van der Waals surface area contributed by atoms with Crippen LogP contribution in [0.25, 0.3) is 5.69 Å². The van der Waals surface area contributed by atoms with Gasteiger partial charge in [-0.25, -0.2) is 0 Å². The van der Waals surface area contributed by atoms with E-state index in [2.05, 4.69) is 36.7 Å². The van der Waals surface area contributed by atoms with Gasteiger partial charge in [-0.1, -0.05) is 26.0 Å². The van der Waals surface area contributed by atoms with Crippen LogP contribution in [0, 0.1) is 5.41 Å². The molecule has 1 unspecified atom stereocenters. The molecule has 3 rings (SSSR count). The molecule has 3 nitrogen and oxygen atoms in total. The number of ether oxygens (including phenoxy) is 1. The minimum absolute atomic E-state index is 0.129. The minimum atomic E-state index is 0.129. The van der Waals surface area contributed by atoms with Crippen LogP contribution in [0.5, 0.6) is 5.75 Å². The Morgan fingerprint density at radius 3 is 2.75 bits per heavy atom. The van der Waals surface area contributed by atoms with Crippen molar-refractivity contribution in [2.24, 2.45) is 11.1 Å². The van der Waals surface area contributed by atoms with E-state index in [0.29, 0.717) is 0 Å². The van der Waals surface area contributed by atoms with Gasteiger partial charge < -0.3 is 15.0 Å². The molecule has 0 bridgehead atoms. The second kappa shape index (κ2) is 4.67. The van der Waals surface area contributed by atoms with Crippen LogP contribution in [0.3, 0.4) is 0 Å². The summed E-state index contributed by atoms with van der Waals surface area (Å²) in [6.07, 6.45) is 4.20. The lowest BCUT2D eigenvalue weighted by atomic mass is 9.74. The van der Waals surface area contributed by atoms with Crippen molar-refractivity contribution in [1.82, 2.24) is 4.57 Å². The van der Waals surface area contributed by atoms with Crippen LogP contribution in [0.15, 0.2) is 36.5 Å². The number of hydrogen-bond acceptors (Lipinski definition) is 2. The predicted octanol–water partition coefficient (Wildman–Crippen LogP) is 3.46. The molecule has 1 aromatic heterocycles. The van der Waals surface area contributed by atoms with E-state index in [-0.39, 0.29) is 11.5 Å². The normalized spacial score (nSPS) is 20.5. The summed E-state index contributed by atoms with van der Waals surface area (Å²) in [6, 6.07) is 10.4. The molecule has 1 atom stereocenters. The lowest BCUT2D eigenvalue weighted by Crippen LogP contribution is -2.30. The van der Waals surface area contributed by atoms with Crippen molar-refractivity contribution in [2.45, 2.75) is 32.7 Å². The molecule has 1 aliphatic carbocycles. The van der Waals surface area contributed by atoms with Crippen molar-refractivity contribution in [2.75, 3.05) is 7.11 Å². The maximum atomic E-state index is 6.34. The van der Waals surface area contributed by atoms with Crippen molar-refractivity contribution in [1.29, 1.82) is 0 Å². The summed E-state index contributed by atoms with van der Waals surface area (Å²) < 4.78 is 7.72. The summed E-state index contributed by atoms with van der Waals surface area (Å²) in [4.78, 5) is 0. The number of fused-ring (bicyclic) bond motifs is 1. The van der Waals surface area contributed by atoms with Crippen LogP contribution >= 0.6 is 0 Å². The Morgan fingerprint density at radius 1 is 1.25 bits per heavy atom. The van der Waals surface area contributed by atoms with Crippen LogP contribution in [-0.2, 0) is 6.42 Å². The van der Waals surface area contributed by atoms with Gasteiger partial charge in [-0.2, -0.15) is 0 Å². The van der Waals surface area contributed by atoms with E-state index in [9.17, 15) is 0 Å². The lowest BCUT2D eigenvalue weighted by Gasteiger charge is -2.34. The van der Waals surface area contributed by atoms with E-state index >= 15 is 0 Å². The molecule has 1 aromatic carbocycles. The van der Waals surface area contributed by atoms with Crippen molar-refractivity contribution in [3.63, 3.8) is 0 Å². The average molecular weight is 270 g/mol. The zero-order chi connectivity index (χ0) is 14.3. The number of nitrogens with zero attached hydrogens (tertiary/aromatic N) is 1. The molecule has 0 aliphatic heterocycles. The molecule has 1 aliphatic rings. The van der Waals surface area contributed by atoms with Gasteiger partial charge in [0.1, 0.15) is 5.75 Å². The number of para-hydroxylation sites is 2. The minimum Gasteiger partial charge on any atom is -0.495 e. The van der Waals surface area contributed by atoms with Gasteiger partial charge in [0.15, 0.2) is 0 Å². The molecule has 20 heavy (non-hydrogen) atoms. The number of hydrogen-bond donors (Lipinski definition) is 1. The molecular formula is C17H22N2O. The highest BCUT2D eigenvalue weighted by atomic mass is 16.5. The van der Waals surface area contributed by atoms with E-state index < -0.39 is 0 Å². The standard InChI is InChI=1S/C17H22N2O/c1-17(2)10-13(18)12-8-9-19(15(12)11-17)14-6-4-5-7-16(14)20-3/h4-9,13H,10-11,18H2,1-3H3. The van der Waals surface area contributed by atoms with Crippen molar-refractivity contribution < 1.29 is 4.74 Å². The van der Waals surface area contributed by atoms with Crippen LogP contribution < -0.4 is 10.5 Å². The Kier molecular flexibility index (Phi) is 3.09. The summed E-state index contributed by atoms with van der Waals surface area (Å²) in [5.74, 6) is 0.892. The fraction of sp³-hybridized carbons (Fsp3) is 0.412. The second-order valence-corrected chi connectivity index (χ2v) is 6.41. The first-order valence-electron chi connectivity index (χ1n) is 7.11. The van der Waals surface area contributed by atoms with E-state index in [1.807, 2.05) is 18.2 Å². The lowest BCUT2D eigenvalue weighted by molar-refractivity contribution is 0.278. The first-order valence-corrected chi connectivity index (χ1v) is 7.11. The highest BCUT2D eigenvalue weighted by molar-refractivity contribution is 5.50. The quantitative estimate of drug-likeness (QED) is 0.908. The molecule has 0 amide bonds. The summed E-state index contributed by atoms with van der Waals surface area (Å²) >= 11 is 0. The Bertz CT molecular complexity index is 628. The van der Waals surface area contributed by atoms with Gasteiger partial charge in [-0.15, -0.1) is 0 Å². The average Bonchev–Trinajstić information content (AvgIpc) is 2.81. The first-order chi connectivity index (χ1) is 9.52. The third kappa shape index (κ3) is 2.12. The molecule has 3 heteroatoms. The Hall–Kier alpha value is -1.74. The van der Waals surface area contributed by atoms with Gasteiger partial charge in [0, 0.05) is 17.9 Å². The van der Waals surface area contributed by atoms with Gasteiger partial charge in [0.05, 0.1) is 12.8 Å². The van der Waals surface area contributed by atoms with Crippen LogP contribution in [0.1, 0.15) is 37.6 Å². The maximum absolute atomic E-state index is 6.34. The second-order valence-electron chi connectivity index (χ2n) is 6.41. The zero-order valence-electron chi connectivity index (χ0n) is 12.4. The molecule has 2 N–H and O–H groups in total. The monoisotopic (exact) mass is 270 g/mol. The van der Waals surface area contributed by atoms with Crippen molar-refractivity contribution >= 4 is 0 Å².